The van der Waals surface area contributed by atoms with E-state index in [1.54, 1.807) is 6.07 Å². The zero-order valence-electron chi connectivity index (χ0n) is 12.3. The fraction of sp³-hybridized carbons (Fsp3) is 0.125. The van der Waals surface area contributed by atoms with Crippen LogP contribution in [0.5, 0.6) is 5.75 Å². The van der Waals surface area contributed by atoms with Gasteiger partial charge in [0.25, 0.3) is 5.91 Å². The van der Waals surface area contributed by atoms with Crippen molar-refractivity contribution >= 4 is 63.8 Å². The van der Waals surface area contributed by atoms with E-state index in [1.807, 2.05) is 0 Å². The van der Waals surface area contributed by atoms with Crippen molar-refractivity contribution in [2.24, 2.45) is 0 Å². The van der Waals surface area contributed by atoms with Gasteiger partial charge in [0.2, 0.25) is 0 Å². The molecule has 2 aromatic carbocycles. The number of carbonyl (C=O) groups excluding carboxylic acids is 2. The number of carbonyl (C=O) groups is 2. The Hall–Kier alpha value is -1.46. The SMILES string of the molecule is CC(=O)c1cc(Cl)ccc1OCC(=O)Nc1c(Cl)cc(Cl)cc1Cl. The van der Waals surface area contributed by atoms with Crippen molar-refractivity contribution in [3.8, 4) is 5.75 Å². The third-order valence-electron chi connectivity index (χ3n) is 2.95. The molecule has 126 valence electrons. The van der Waals surface area contributed by atoms with Gasteiger partial charge >= 0.3 is 0 Å². The topological polar surface area (TPSA) is 55.4 Å². The molecule has 0 atom stereocenters. The Morgan fingerprint density at radius 2 is 1.62 bits per heavy atom. The molecule has 0 aliphatic carbocycles. The second kappa shape index (κ2) is 8.08. The Morgan fingerprint density at radius 1 is 1.00 bits per heavy atom. The number of ketones is 1. The number of benzene rings is 2. The summed E-state index contributed by atoms with van der Waals surface area (Å²) in [6, 6.07) is 7.48. The minimum Gasteiger partial charge on any atom is -0.483 e. The zero-order chi connectivity index (χ0) is 17.9. The molecule has 1 N–H and O–H groups in total. The van der Waals surface area contributed by atoms with Crippen LogP contribution in [0.4, 0.5) is 5.69 Å². The van der Waals surface area contributed by atoms with Crippen LogP contribution < -0.4 is 10.1 Å². The van der Waals surface area contributed by atoms with Crippen LogP contribution in [0.1, 0.15) is 17.3 Å². The Labute approximate surface area is 158 Å². The molecule has 0 bridgehead atoms. The minimum absolute atomic E-state index is 0.205. The lowest BCUT2D eigenvalue weighted by atomic mass is 10.1. The highest BCUT2D eigenvalue weighted by atomic mass is 35.5. The van der Waals surface area contributed by atoms with Gasteiger partial charge in [0.05, 0.1) is 21.3 Å². The number of anilines is 1. The average Bonchev–Trinajstić information content (AvgIpc) is 2.49. The molecule has 0 saturated heterocycles. The third kappa shape index (κ3) is 4.77. The molecule has 8 heteroatoms. The largest absolute Gasteiger partial charge is 0.483 e. The summed E-state index contributed by atoms with van der Waals surface area (Å²) >= 11 is 23.7. The molecule has 0 spiro atoms. The minimum atomic E-state index is -0.495. The number of hydrogen-bond acceptors (Lipinski definition) is 3. The summed E-state index contributed by atoms with van der Waals surface area (Å²) in [6.07, 6.45) is 0. The fourth-order valence-electron chi connectivity index (χ4n) is 1.88. The molecule has 2 rings (SSSR count). The maximum atomic E-state index is 12.0. The van der Waals surface area contributed by atoms with Crippen molar-refractivity contribution in [2.45, 2.75) is 6.92 Å². The van der Waals surface area contributed by atoms with Crippen LogP contribution in [-0.2, 0) is 4.79 Å². The van der Waals surface area contributed by atoms with E-state index in [1.165, 1.54) is 31.2 Å². The molecule has 0 aliphatic rings. The molecule has 0 fully saturated rings. The number of halogens is 4. The van der Waals surface area contributed by atoms with Gasteiger partial charge in [0.1, 0.15) is 5.75 Å². The van der Waals surface area contributed by atoms with Crippen molar-refractivity contribution in [2.75, 3.05) is 11.9 Å². The lowest BCUT2D eigenvalue weighted by molar-refractivity contribution is -0.118. The first-order chi connectivity index (χ1) is 11.3. The summed E-state index contributed by atoms with van der Waals surface area (Å²) in [6.45, 7) is 1.04. The van der Waals surface area contributed by atoms with E-state index in [-0.39, 0.29) is 39.4 Å². The van der Waals surface area contributed by atoms with Crippen LogP contribution in [-0.4, -0.2) is 18.3 Å². The smallest absolute Gasteiger partial charge is 0.262 e. The van der Waals surface area contributed by atoms with Crippen molar-refractivity contribution in [1.82, 2.24) is 0 Å². The monoisotopic (exact) mass is 405 g/mol. The Bertz CT molecular complexity index is 785. The molecule has 2 aromatic rings. The van der Waals surface area contributed by atoms with Gasteiger partial charge in [-0.15, -0.1) is 0 Å². The summed E-state index contributed by atoms with van der Waals surface area (Å²) in [4.78, 5) is 23.6. The molecule has 1 amide bonds. The first-order valence-electron chi connectivity index (χ1n) is 6.65. The number of Topliss-reactive ketones (excluding diaryl/α,β-unsaturated/α-hetero) is 1. The molecule has 0 unspecified atom stereocenters. The highest BCUT2D eigenvalue weighted by molar-refractivity contribution is 6.42. The standard InChI is InChI=1S/C16H11Cl4NO3/c1-8(22)11-4-9(17)2-3-14(11)24-7-15(23)21-16-12(19)5-10(18)6-13(16)20/h2-6H,7H2,1H3,(H,21,23). The molecule has 0 aromatic heterocycles. The molecule has 0 heterocycles. The highest BCUT2D eigenvalue weighted by Crippen LogP contribution is 2.33. The van der Waals surface area contributed by atoms with Crippen LogP contribution in [0.2, 0.25) is 20.1 Å². The number of ether oxygens (including phenoxy) is 1. The van der Waals surface area contributed by atoms with Crippen molar-refractivity contribution < 1.29 is 14.3 Å². The number of rotatable bonds is 5. The second-order valence-electron chi connectivity index (χ2n) is 4.78. The normalized spacial score (nSPS) is 10.4. The Balaban J connectivity index is 2.09. The third-order valence-corrected chi connectivity index (χ3v) is 4.00. The van der Waals surface area contributed by atoms with E-state index in [4.69, 9.17) is 51.1 Å². The van der Waals surface area contributed by atoms with Crippen LogP contribution in [0.25, 0.3) is 0 Å². The molecule has 0 radical (unpaired) electrons. The van der Waals surface area contributed by atoms with E-state index in [9.17, 15) is 9.59 Å². The van der Waals surface area contributed by atoms with Gasteiger partial charge in [0.15, 0.2) is 12.4 Å². The molecular weight excluding hydrogens is 396 g/mol. The molecule has 0 saturated carbocycles. The van der Waals surface area contributed by atoms with Gasteiger partial charge in [-0.25, -0.2) is 0 Å². The second-order valence-corrected chi connectivity index (χ2v) is 6.47. The van der Waals surface area contributed by atoms with E-state index in [2.05, 4.69) is 5.32 Å². The van der Waals surface area contributed by atoms with E-state index < -0.39 is 5.91 Å². The van der Waals surface area contributed by atoms with E-state index >= 15 is 0 Å². The fourth-order valence-corrected chi connectivity index (χ4v) is 2.97. The lowest BCUT2D eigenvalue weighted by Gasteiger charge is -2.12. The average molecular weight is 407 g/mol. The molecule has 24 heavy (non-hydrogen) atoms. The van der Waals surface area contributed by atoms with Gasteiger partial charge in [-0.3, -0.25) is 9.59 Å². The summed E-state index contributed by atoms with van der Waals surface area (Å²) in [5.41, 5.74) is 0.525. The van der Waals surface area contributed by atoms with E-state index in [0.717, 1.165) is 0 Å². The van der Waals surface area contributed by atoms with Crippen LogP contribution in [0.15, 0.2) is 30.3 Å². The molecular formula is C16H11Cl4NO3. The van der Waals surface area contributed by atoms with Crippen molar-refractivity contribution in [1.29, 1.82) is 0 Å². The maximum absolute atomic E-state index is 12.0. The van der Waals surface area contributed by atoms with Gasteiger partial charge in [-0.1, -0.05) is 46.4 Å². The van der Waals surface area contributed by atoms with Crippen LogP contribution in [0, 0.1) is 0 Å². The van der Waals surface area contributed by atoms with Crippen LogP contribution in [0.3, 0.4) is 0 Å². The van der Waals surface area contributed by atoms with E-state index in [0.29, 0.717) is 10.0 Å². The zero-order valence-corrected chi connectivity index (χ0v) is 15.4. The number of nitrogens with one attached hydrogen (secondary N) is 1. The Morgan fingerprint density at radius 3 is 2.21 bits per heavy atom. The predicted molar refractivity (Wildman–Crippen MR) is 97.1 cm³/mol. The van der Waals surface area contributed by atoms with Crippen molar-refractivity contribution in [3.05, 3.63) is 56.0 Å². The van der Waals surface area contributed by atoms with Gasteiger partial charge < -0.3 is 10.1 Å². The maximum Gasteiger partial charge on any atom is 0.262 e. The summed E-state index contributed by atoms with van der Waals surface area (Å²) < 4.78 is 5.39. The Kier molecular flexibility index (Phi) is 6.35. The number of hydrogen-bond donors (Lipinski definition) is 1. The lowest BCUT2D eigenvalue weighted by Crippen LogP contribution is -2.21. The molecule has 0 aliphatic heterocycles. The van der Waals surface area contributed by atoms with Gasteiger partial charge in [0, 0.05) is 10.0 Å². The molecule has 4 nitrogen and oxygen atoms in total. The number of amides is 1. The first-order valence-corrected chi connectivity index (χ1v) is 8.17. The highest BCUT2D eigenvalue weighted by Gasteiger charge is 2.14. The quantitative estimate of drug-likeness (QED) is 0.665. The van der Waals surface area contributed by atoms with Crippen molar-refractivity contribution in [3.63, 3.8) is 0 Å². The summed E-state index contributed by atoms with van der Waals surface area (Å²) in [7, 11) is 0. The van der Waals surface area contributed by atoms with Crippen LogP contribution >= 0.6 is 46.4 Å². The van der Waals surface area contributed by atoms with Gasteiger partial charge in [-0.2, -0.15) is 0 Å². The summed E-state index contributed by atoms with van der Waals surface area (Å²) in [5, 5.41) is 3.70. The first kappa shape index (κ1) is 18.9. The summed E-state index contributed by atoms with van der Waals surface area (Å²) in [5.74, 6) is -0.461. The van der Waals surface area contributed by atoms with Gasteiger partial charge in [-0.05, 0) is 37.3 Å². The predicted octanol–water partition coefficient (Wildman–Crippen LogP) is 5.52.